The van der Waals surface area contributed by atoms with Crippen LogP contribution in [0.25, 0.3) is 0 Å². The van der Waals surface area contributed by atoms with Crippen molar-refractivity contribution in [1.29, 1.82) is 0 Å². The number of rotatable bonds is 0. The van der Waals surface area contributed by atoms with Gasteiger partial charge in [-0.15, -0.1) is 0 Å². The first-order valence-electron chi connectivity index (χ1n) is 3.83. The van der Waals surface area contributed by atoms with Gasteiger partial charge < -0.3 is 0 Å². The van der Waals surface area contributed by atoms with Gasteiger partial charge >= 0.3 is 0 Å². The maximum atomic E-state index is 11.0. The molecule has 1 heterocycles. The highest BCUT2D eigenvalue weighted by molar-refractivity contribution is 5.81. The fraction of sp³-hybridized carbons (Fsp3) is 0.875. The van der Waals surface area contributed by atoms with E-state index in [9.17, 15) is 4.79 Å². The van der Waals surface area contributed by atoms with Crippen LogP contribution in [0.2, 0.25) is 0 Å². The van der Waals surface area contributed by atoms with E-state index in [1.807, 2.05) is 7.05 Å². The van der Waals surface area contributed by atoms with E-state index in [1.165, 1.54) is 0 Å². The van der Waals surface area contributed by atoms with E-state index in [1.54, 1.807) is 0 Å². The van der Waals surface area contributed by atoms with Gasteiger partial charge in [0.2, 0.25) is 0 Å². The number of likely N-dealkylation sites (N-methyl/N-ethyl adjacent to an activating group) is 1. The first-order valence-corrected chi connectivity index (χ1v) is 3.83. The molecule has 0 N–H and O–H groups in total. The van der Waals surface area contributed by atoms with Gasteiger partial charge in [-0.1, -0.05) is 6.92 Å². The van der Waals surface area contributed by atoms with Crippen molar-refractivity contribution in [2.24, 2.45) is 5.92 Å². The molecular formula is C8H15NO. The highest BCUT2D eigenvalue weighted by Crippen LogP contribution is 2.18. The minimum Gasteiger partial charge on any atom is -0.298 e. The van der Waals surface area contributed by atoms with Gasteiger partial charge in [0, 0.05) is 12.5 Å². The molecule has 0 aliphatic carbocycles. The Labute approximate surface area is 62.2 Å². The Morgan fingerprint density at radius 2 is 2.10 bits per heavy atom. The molecule has 1 rings (SSSR count). The topological polar surface area (TPSA) is 20.3 Å². The highest BCUT2D eigenvalue weighted by Gasteiger charge is 2.26. The average molecular weight is 141 g/mol. The molecule has 2 heteroatoms. The van der Waals surface area contributed by atoms with Gasteiger partial charge in [-0.05, 0) is 19.9 Å². The first-order chi connectivity index (χ1) is 4.61. The minimum absolute atomic E-state index is 0.383. The summed E-state index contributed by atoms with van der Waals surface area (Å²) in [5, 5.41) is 0. The summed E-state index contributed by atoms with van der Waals surface area (Å²) in [6, 6.07) is 0.567. The van der Waals surface area contributed by atoms with Gasteiger partial charge in [-0.3, -0.25) is 9.69 Å². The molecule has 58 valence electrons. The number of ketones is 1. The fourth-order valence-corrected chi connectivity index (χ4v) is 1.45. The van der Waals surface area contributed by atoms with Crippen molar-refractivity contribution in [2.75, 3.05) is 13.6 Å². The molecule has 1 aliphatic heterocycles. The third-order valence-corrected chi connectivity index (χ3v) is 2.49. The quantitative estimate of drug-likeness (QED) is 0.500. The Morgan fingerprint density at radius 3 is 2.60 bits per heavy atom. The summed E-state index contributed by atoms with van der Waals surface area (Å²) in [5.41, 5.74) is 0. The van der Waals surface area contributed by atoms with Crippen molar-refractivity contribution >= 4 is 5.78 Å². The molecule has 1 fully saturated rings. The lowest BCUT2D eigenvalue weighted by atomic mass is 9.92. The summed E-state index contributed by atoms with van der Waals surface area (Å²) in [6.45, 7) is 4.96. The largest absolute Gasteiger partial charge is 0.298 e. The molecule has 10 heavy (non-hydrogen) atoms. The van der Waals surface area contributed by atoms with Crippen LogP contribution < -0.4 is 0 Å². The smallest absolute Gasteiger partial charge is 0.147 e. The summed E-state index contributed by atoms with van der Waals surface area (Å²) in [7, 11) is 2.01. The lowest BCUT2D eigenvalue weighted by molar-refractivity contribution is -0.124. The normalized spacial score (nSPS) is 36.5. The van der Waals surface area contributed by atoms with Crippen molar-refractivity contribution in [3.8, 4) is 0 Å². The van der Waals surface area contributed by atoms with Crippen LogP contribution in [0.4, 0.5) is 0 Å². The Bertz CT molecular complexity index is 130. The zero-order valence-electron chi connectivity index (χ0n) is 6.92. The average Bonchev–Trinajstić information content (AvgIpc) is 1.82. The zero-order chi connectivity index (χ0) is 7.72. The van der Waals surface area contributed by atoms with E-state index in [4.69, 9.17) is 0 Å². The molecule has 0 saturated carbocycles. The molecule has 2 nitrogen and oxygen atoms in total. The number of nitrogens with zero attached hydrogens (tertiary/aromatic N) is 1. The van der Waals surface area contributed by atoms with Crippen LogP contribution in [-0.4, -0.2) is 30.3 Å². The van der Waals surface area contributed by atoms with E-state index >= 15 is 0 Å². The molecular weight excluding hydrogens is 126 g/mol. The minimum atomic E-state index is 0.383. The number of hydrogen-bond donors (Lipinski definition) is 0. The number of likely N-dealkylation sites (tertiary alicyclic amines) is 1. The summed E-state index contributed by atoms with van der Waals surface area (Å²) in [6.07, 6.45) is 0.769. The molecule has 0 aromatic carbocycles. The molecule has 0 radical (unpaired) electrons. The van der Waals surface area contributed by atoms with Crippen molar-refractivity contribution in [3.63, 3.8) is 0 Å². The van der Waals surface area contributed by atoms with E-state index in [2.05, 4.69) is 18.7 Å². The van der Waals surface area contributed by atoms with Crippen LogP contribution >= 0.6 is 0 Å². The number of Topliss-reactive ketones (excluding diaryl/α,β-unsaturated/α-hetero) is 1. The SMILES string of the molecule is C[C@H]1CC(=O)CN(C)[C@H]1C. The van der Waals surface area contributed by atoms with Crippen molar-refractivity contribution < 1.29 is 4.79 Å². The third-order valence-electron chi connectivity index (χ3n) is 2.49. The second-order valence-corrected chi connectivity index (χ2v) is 3.38. The molecule has 1 aliphatic rings. The van der Waals surface area contributed by atoms with Crippen LogP contribution in [0.1, 0.15) is 20.3 Å². The number of carbonyl (C=O) groups is 1. The predicted octanol–water partition coefficient (Wildman–Crippen LogP) is 0.916. The lowest BCUT2D eigenvalue weighted by Gasteiger charge is -2.33. The van der Waals surface area contributed by atoms with Crippen LogP contribution in [0.15, 0.2) is 0 Å². The second-order valence-electron chi connectivity index (χ2n) is 3.38. The molecule has 1 saturated heterocycles. The lowest BCUT2D eigenvalue weighted by Crippen LogP contribution is -2.44. The van der Waals surface area contributed by atoms with Crippen LogP contribution in [0, 0.1) is 5.92 Å². The monoisotopic (exact) mass is 141 g/mol. The summed E-state index contributed by atoms with van der Waals surface area (Å²) in [5.74, 6) is 0.916. The molecule has 0 spiro atoms. The third kappa shape index (κ3) is 1.37. The van der Waals surface area contributed by atoms with Crippen LogP contribution in [0.5, 0.6) is 0 Å². The Balaban J connectivity index is 2.57. The Hall–Kier alpha value is -0.370. The van der Waals surface area contributed by atoms with Gasteiger partial charge in [0.25, 0.3) is 0 Å². The fourth-order valence-electron chi connectivity index (χ4n) is 1.45. The van der Waals surface area contributed by atoms with Crippen molar-refractivity contribution in [1.82, 2.24) is 4.90 Å². The van der Waals surface area contributed by atoms with Crippen molar-refractivity contribution in [2.45, 2.75) is 26.3 Å². The van der Waals surface area contributed by atoms with E-state index < -0.39 is 0 Å². The van der Waals surface area contributed by atoms with Gasteiger partial charge in [-0.25, -0.2) is 0 Å². The summed E-state index contributed by atoms with van der Waals surface area (Å²) in [4.78, 5) is 13.1. The van der Waals surface area contributed by atoms with Crippen LogP contribution in [0.3, 0.4) is 0 Å². The van der Waals surface area contributed by atoms with E-state index in [0.29, 0.717) is 24.3 Å². The van der Waals surface area contributed by atoms with Gasteiger partial charge in [0.1, 0.15) is 5.78 Å². The zero-order valence-corrected chi connectivity index (χ0v) is 6.92. The predicted molar refractivity (Wildman–Crippen MR) is 40.9 cm³/mol. The van der Waals surface area contributed by atoms with Gasteiger partial charge in [0.05, 0.1) is 6.54 Å². The summed E-state index contributed by atoms with van der Waals surface area (Å²) >= 11 is 0. The molecule has 0 aromatic rings. The molecule has 0 bridgehead atoms. The standard InChI is InChI=1S/C8H15NO/c1-6-4-8(10)5-9(3)7(6)2/h6-7H,4-5H2,1-3H3/t6-,7-/m0/s1. The molecule has 2 atom stereocenters. The second kappa shape index (κ2) is 2.70. The summed E-state index contributed by atoms with van der Waals surface area (Å²) < 4.78 is 0. The molecule has 0 amide bonds. The number of hydrogen-bond acceptors (Lipinski definition) is 2. The molecule has 0 unspecified atom stereocenters. The Kier molecular flexibility index (Phi) is 2.09. The van der Waals surface area contributed by atoms with Crippen molar-refractivity contribution in [3.05, 3.63) is 0 Å². The number of carbonyl (C=O) groups excluding carboxylic acids is 1. The highest BCUT2D eigenvalue weighted by atomic mass is 16.1. The van der Waals surface area contributed by atoms with E-state index in [-0.39, 0.29) is 0 Å². The van der Waals surface area contributed by atoms with Gasteiger partial charge in [-0.2, -0.15) is 0 Å². The van der Waals surface area contributed by atoms with Crippen LogP contribution in [-0.2, 0) is 4.79 Å². The number of piperidine rings is 1. The first kappa shape index (κ1) is 7.73. The molecule has 0 aromatic heterocycles. The maximum absolute atomic E-state index is 11.0. The van der Waals surface area contributed by atoms with Gasteiger partial charge in [0.15, 0.2) is 0 Å². The Morgan fingerprint density at radius 1 is 1.50 bits per heavy atom. The van der Waals surface area contributed by atoms with E-state index in [0.717, 1.165) is 6.42 Å². The maximum Gasteiger partial charge on any atom is 0.147 e.